The van der Waals surface area contributed by atoms with Crippen molar-refractivity contribution in [2.75, 3.05) is 5.32 Å². The summed E-state index contributed by atoms with van der Waals surface area (Å²) in [7, 11) is 0. The Hall–Kier alpha value is -3.75. The van der Waals surface area contributed by atoms with Crippen LogP contribution in [-0.2, 0) is 6.42 Å². The van der Waals surface area contributed by atoms with Gasteiger partial charge in [0.2, 0.25) is 5.95 Å². The third-order valence-electron chi connectivity index (χ3n) is 4.48. The van der Waals surface area contributed by atoms with Crippen molar-refractivity contribution in [2.45, 2.75) is 33.6 Å². The number of hydrogen-bond donors (Lipinski definition) is 2. The summed E-state index contributed by atoms with van der Waals surface area (Å²) in [5.74, 6) is 0.350. The van der Waals surface area contributed by atoms with Crippen molar-refractivity contribution in [3.05, 3.63) is 69.7 Å². The summed E-state index contributed by atoms with van der Waals surface area (Å²) in [6, 6.07) is 8.75. The Balaban J connectivity index is 1.73. The molecule has 4 aromatic heterocycles. The van der Waals surface area contributed by atoms with Gasteiger partial charge < -0.3 is 5.32 Å². The van der Waals surface area contributed by atoms with E-state index in [0.29, 0.717) is 40.7 Å². The number of rotatable bonds is 5. The Morgan fingerprint density at radius 3 is 2.83 bits per heavy atom. The smallest absolute Gasteiger partial charge is 0.275 e. The minimum atomic E-state index is -0.325. The number of nitrogens with one attached hydrogen (secondary N) is 2. The van der Waals surface area contributed by atoms with Crippen LogP contribution in [0.5, 0.6) is 0 Å². The monoisotopic (exact) mass is 391 g/mol. The normalized spacial score (nSPS) is 11.1. The number of amides is 1. The van der Waals surface area contributed by atoms with E-state index in [1.54, 1.807) is 30.5 Å². The molecule has 0 fully saturated rings. The summed E-state index contributed by atoms with van der Waals surface area (Å²) in [6.45, 7) is 5.61. The molecule has 29 heavy (non-hydrogen) atoms. The van der Waals surface area contributed by atoms with Crippen molar-refractivity contribution in [2.24, 2.45) is 0 Å². The van der Waals surface area contributed by atoms with E-state index >= 15 is 0 Å². The second kappa shape index (κ2) is 7.34. The van der Waals surface area contributed by atoms with Gasteiger partial charge in [0, 0.05) is 24.0 Å². The summed E-state index contributed by atoms with van der Waals surface area (Å²) in [6.07, 6.45) is 3.34. The van der Waals surface area contributed by atoms with Gasteiger partial charge in [0.25, 0.3) is 11.5 Å². The average Bonchev–Trinajstić information content (AvgIpc) is 3.20. The number of hydrogen-bond acceptors (Lipinski definition) is 5. The van der Waals surface area contributed by atoms with Gasteiger partial charge in [0.05, 0.1) is 11.4 Å². The van der Waals surface area contributed by atoms with Gasteiger partial charge in [-0.05, 0) is 32.4 Å². The van der Waals surface area contributed by atoms with Crippen LogP contribution in [0.15, 0.2) is 41.3 Å². The van der Waals surface area contributed by atoms with E-state index in [1.807, 2.05) is 25.1 Å². The summed E-state index contributed by atoms with van der Waals surface area (Å²) >= 11 is 0. The molecule has 0 atom stereocenters. The minimum Gasteiger partial charge on any atom is -0.305 e. The Bertz CT molecular complexity index is 1270. The molecular formula is C20H21N7O2. The van der Waals surface area contributed by atoms with Crippen LogP contribution in [-0.4, -0.2) is 35.0 Å². The first kappa shape index (κ1) is 18.6. The molecule has 4 aromatic rings. The van der Waals surface area contributed by atoms with Crippen LogP contribution in [0.4, 0.5) is 5.82 Å². The molecule has 0 unspecified atom stereocenters. The third kappa shape index (κ3) is 3.54. The summed E-state index contributed by atoms with van der Waals surface area (Å²) in [5.41, 5.74) is 2.84. The minimum absolute atomic E-state index is 0.262. The second-order valence-corrected chi connectivity index (χ2v) is 6.82. The van der Waals surface area contributed by atoms with Crippen LogP contribution < -0.4 is 10.9 Å². The fourth-order valence-corrected chi connectivity index (χ4v) is 3.29. The van der Waals surface area contributed by atoms with Crippen molar-refractivity contribution in [1.82, 2.24) is 29.1 Å². The molecule has 9 heteroatoms. The number of carbonyl (C=O) groups is 1. The lowest BCUT2D eigenvalue weighted by atomic mass is 10.2. The largest absolute Gasteiger partial charge is 0.305 e. The molecule has 4 heterocycles. The lowest BCUT2D eigenvalue weighted by Gasteiger charge is -2.09. The number of anilines is 1. The van der Waals surface area contributed by atoms with Gasteiger partial charge in [-0.2, -0.15) is 9.78 Å². The molecule has 0 saturated carbocycles. The van der Waals surface area contributed by atoms with Crippen LogP contribution in [0.1, 0.15) is 40.9 Å². The van der Waals surface area contributed by atoms with Crippen LogP contribution in [0.3, 0.4) is 0 Å². The average molecular weight is 391 g/mol. The van der Waals surface area contributed by atoms with Crippen molar-refractivity contribution in [1.29, 1.82) is 0 Å². The van der Waals surface area contributed by atoms with Crippen molar-refractivity contribution in [3.63, 3.8) is 0 Å². The van der Waals surface area contributed by atoms with E-state index < -0.39 is 0 Å². The number of carbonyl (C=O) groups excluding carboxylic acids is 1. The number of aromatic amines is 1. The zero-order valence-corrected chi connectivity index (χ0v) is 16.4. The zero-order valence-electron chi connectivity index (χ0n) is 16.4. The highest BCUT2D eigenvalue weighted by Crippen LogP contribution is 2.18. The highest BCUT2D eigenvalue weighted by molar-refractivity contribution is 6.04. The summed E-state index contributed by atoms with van der Waals surface area (Å²) < 4.78 is 3.17. The van der Waals surface area contributed by atoms with Crippen LogP contribution >= 0.6 is 0 Å². The zero-order chi connectivity index (χ0) is 20.5. The number of aromatic nitrogens is 6. The number of aryl methyl sites for hydroxylation is 3. The molecule has 4 rings (SSSR count). The summed E-state index contributed by atoms with van der Waals surface area (Å²) in [5, 5.41) is 7.26. The maximum Gasteiger partial charge on any atom is 0.275 e. The lowest BCUT2D eigenvalue weighted by molar-refractivity contribution is 0.102. The molecule has 9 nitrogen and oxygen atoms in total. The molecule has 0 spiro atoms. The van der Waals surface area contributed by atoms with Gasteiger partial charge in [-0.25, -0.2) is 9.97 Å². The molecule has 2 N–H and O–H groups in total. The first-order valence-electron chi connectivity index (χ1n) is 9.38. The standard InChI is InChI=1S/C20H21N7O2/c1-4-7-14-11-17(28)24-20(22-14)27-16(10-12(2)25-27)23-19(29)18-13(3)21-15-8-5-6-9-26(15)18/h5-6,8-11H,4,7H2,1-3H3,(H,23,29)(H,22,24,28). The maximum atomic E-state index is 13.0. The van der Waals surface area contributed by atoms with Gasteiger partial charge in [-0.15, -0.1) is 0 Å². The van der Waals surface area contributed by atoms with Crippen LogP contribution in [0.2, 0.25) is 0 Å². The van der Waals surface area contributed by atoms with E-state index in [2.05, 4.69) is 25.4 Å². The fraction of sp³-hybridized carbons (Fsp3) is 0.250. The van der Waals surface area contributed by atoms with Gasteiger partial charge in [-0.1, -0.05) is 19.4 Å². The highest BCUT2D eigenvalue weighted by Gasteiger charge is 2.19. The predicted octanol–water partition coefficient (Wildman–Crippen LogP) is 2.42. The van der Waals surface area contributed by atoms with Gasteiger partial charge >= 0.3 is 0 Å². The SMILES string of the molecule is CCCc1cc(=O)[nH]c(-n2nc(C)cc2NC(=O)c2c(C)nc3ccccn23)n1. The van der Waals surface area contributed by atoms with E-state index in [0.717, 1.165) is 6.42 Å². The molecule has 0 aliphatic carbocycles. The number of fused-ring (bicyclic) bond motifs is 1. The fourth-order valence-electron chi connectivity index (χ4n) is 3.29. The van der Waals surface area contributed by atoms with E-state index in [1.165, 1.54) is 10.7 Å². The molecule has 0 radical (unpaired) electrons. The first-order chi connectivity index (χ1) is 14.0. The number of nitrogens with zero attached hydrogens (tertiary/aromatic N) is 5. The van der Waals surface area contributed by atoms with Gasteiger partial charge in [0.15, 0.2) is 0 Å². The number of imidazole rings is 1. The van der Waals surface area contributed by atoms with Gasteiger partial charge in [0.1, 0.15) is 17.2 Å². The predicted molar refractivity (Wildman–Crippen MR) is 109 cm³/mol. The summed E-state index contributed by atoms with van der Waals surface area (Å²) in [4.78, 5) is 36.7. The molecule has 148 valence electrons. The van der Waals surface area contributed by atoms with E-state index in [4.69, 9.17) is 0 Å². The molecule has 0 aliphatic rings. The second-order valence-electron chi connectivity index (χ2n) is 6.82. The third-order valence-corrected chi connectivity index (χ3v) is 4.48. The lowest BCUT2D eigenvalue weighted by Crippen LogP contribution is -2.20. The topological polar surface area (TPSA) is 110 Å². The molecule has 0 bridgehead atoms. The van der Waals surface area contributed by atoms with E-state index in [-0.39, 0.29) is 17.4 Å². The Morgan fingerprint density at radius 1 is 1.21 bits per heavy atom. The number of pyridine rings is 1. The molecule has 0 aromatic carbocycles. The molecule has 1 amide bonds. The van der Waals surface area contributed by atoms with Crippen molar-refractivity contribution in [3.8, 4) is 5.95 Å². The maximum absolute atomic E-state index is 13.0. The Kier molecular flexibility index (Phi) is 4.71. The molecular weight excluding hydrogens is 370 g/mol. The van der Waals surface area contributed by atoms with Crippen molar-refractivity contribution >= 4 is 17.4 Å². The van der Waals surface area contributed by atoms with Crippen molar-refractivity contribution < 1.29 is 4.79 Å². The number of H-pyrrole nitrogens is 1. The van der Waals surface area contributed by atoms with Gasteiger partial charge in [-0.3, -0.25) is 19.0 Å². The molecule has 0 saturated heterocycles. The van der Waals surface area contributed by atoms with Crippen LogP contribution in [0.25, 0.3) is 11.6 Å². The van der Waals surface area contributed by atoms with Crippen LogP contribution in [0, 0.1) is 13.8 Å². The highest BCUT2D eigenvalue weighted by atomic mass is 16.2. The quantitative estimate of drug-likeness (QED) is 0.543. The van der Waals surface area contributed by atoms with E-state index in [9.17, 15) is 9.59 Å². The molecule has 0 aliphatic heterocycles. The Labute approximate surface area is 166 Å². The first-order valence-corrected chi connectivity index (χ1v) is 9.38. The Morgan fingerprint density at radius 2 is 2.03 bits per heavy atom.